The molecule has 0 bridgehead atoms. The van der Waals surface area contributed by atoms with Crippen molar-refractivity contribution in [3.63, 3.8) is 0 Å². The predicted molar refractivity (Wildman–Crippen MR) is 82.6 cm³/mol. The van der Waals surface area contributed by atoms with Gasteiger partial charge in [0.1, 0.15) is 0 Å². The van der Waals surface area contributed by atoms with E-state index in [1.807, 2.05) is 30.3 Å². The molecular weight excluding hydrogens is 333 g/mol. The molecule has 18 heavy (non-hydrogen) atoms. The lowest BCUT2D eigenvalue weighted by molar-refractivity contribution is 0.879. The van der Waals surface area contributed by atoms with Crippen LogP contribution in [0.2, 0.25) is 10.0 Å². The Balaban J connectivity index is 2.21. The number of anilines is 1. The molecule has 0 aliphatic heterocycles. The largest absolute Gasteiger partial charge is 0.377 e. The molecule has 2 rings (SSSR count). The SMILES string of the molecule is CC(Nc1ccc(Cl)cc1Cl)c1ccccc1Br. The molecule has 0 aliphatic carbocycles. The Labute approximate surface area is 125 Å². The van der Waals surface area contributed by atoms with Crippen LogP contribution in [0.4, 0.5) is 5.69 Å². The second kappa shape index (κ2) is 5.96. The lowest BCUT2D eigenvalue weighted by Crippen LogP contribution is -2.07. The van der Waals surface area contributed by atoms with Gasteiger partial charge in [-0.05, 0) is 36.8 Å². The Hall–Kier alpha value is -0.700. The molecular formula is C14H12BrCl2N. The first kappa shape index (κ1) is 13.7. The third kappa shape index (κ3) is 3.19. The highest BCUT2D eigenvalue weighted by molar-refractivity contribution is 9.10. The van der Waals surface area contributed by atoms with Gasteiger partial charge in [-0.25, -0.2) is 0 Å². The first-order chi connectivity index (χ1) is 8.58. The van der Waals surface area contributed by atoms with Crippen LogP contribution >= 0.6 is 39.1 Å². The lowest BCUT2D eigenvalue weighted by atomic mass is 10.1. The smallest absolute Gasteiger partial charge is 0.0652 e. The van der Waals surface area contributed by atoms with Crippen molar-refractivity contribution in [1.82, 2.24) is 0 Å². The Kier molecular flexibility index (Phi) is 4.55. The highest BCUT2D eigenvalue weighted by Crippen LogP contribution is 2.30. The van der Waals surface area contributed by atoms with Crippen molar-refractivity contribution < 1.29 is 0 Å². The molecule has 0 spiro atoms. The van der Waals surface area contributed by atoms with Gasteiger partial charge in [0.2, 0.25) is 0 Å². The predicted octanol–water partition coefficient (Wildman–Crippen LogP) is 5.93. The first-order valence-electron chi connectivity index (χ1n) is 5.54. The van der Waals surface area contributed by atoms with Crippen LogP contribution in [-0.4, -0.2) is 0 Å². The molecule has 0 amide bonds. The molecule has 1 nitrogen and oxygen atoms in total. The summed E-state index contributed by atoms with van der Waals surface area (Å²) in [6, 6.07) is 13.7. The highest BCUT2D eigenvalue weighted by atomic mass is 79.9. The van der Waals surface area contributed by atoms with E-state index in [9.17, 15) is 0 Å². The first-order valence-corrected chi connectivity index (χ1v) is 7.09. The molecule has 1 atom stereocenters. The molecule has 0 fully saturated rings. The van der Waals surface area contributed by atoms with Gasteiger partial charge < -0.3 is 5.32 Å². The van der Waals surface area contributed by atoms with Crippen LogP contribution < -0.4 is 5.32 Å². The molecule has 1 N–H and O–H groups in total. The number of hydrogen-bond donors (Lipinski definition) is 1. The minimum absolute atomic E-state index is 0.152. The molecule has 94 valence electrons. The van der Waals surface area contributed by atoms with Crippen LogP contribution in [0.1, 0.15) is 18.5 Å². The molecule has 0 saturated heterocycles. The number of halogens is 3. The second-order valence-electron chi connectivity index (χ2n) is 4.01. The van der Waals surface area contributed by atoms with Crippen molar-refractivity contribution in [2.45, 2.75) is 13.0 Å². The van der Waals surface area contributed by atoms with E-state index in [-0.39, 0.29) is 6.04 Å². The van der Waals surface area contributed by atoms with Crippen molar-refractivity contribution in [2.75, 3.05) is 5.32 Å². The van der Waals surface area contributed by atoms with E-state index in [0.29, 0.717) is 10.0 Å². The third-order valence-electron chi connectivity index (χ3n) is 2.67. The number of hydrogen-bond acceptors (Lipinski definition) is 1. The maximum atomic E-state index is 6.14. The van der Waals surface area contributed by atoms with Gasteiger partial charge >= 0.3 is 0 Å². The number of rotatable bonds is 3. The normalized spacial score (nSPS) is 12.2. The van der Waals surface area contributed by atoms with Gasteiger partial charge in [-0.3, -0.25) is 0 Å². The van der Waals surface area contributed by atoms with Crippen molar-refractivity contribution >= 4 is 44.8 Å². The third-order valence-corrected chi connectivity index (χ3v) is 3.94. The minimum Gasteiger partial charge on any atom is -0.377 e. The van der Waals surface area contributed by atoms with Gasteiger partial charge in [-0.1, -0.05) is 57.3 Å². The van der Waals surface area contributed by atoms with Gasteiger partial charge in [-0.15, -0.1) is 0 Å². The average molecular weight is 345 g/mol. The van der Waals surface area contributed by atoms with E-state index >= 15 is 0 Å². The van der Waals surface area contributed by atoms with Crippen molar-refractivity contribution in [1.29, 1.82) is 0 Å². The topological polar surface area (TPSA) is 12.0 Å². The molecule has 0 aliphatic rings. The van der Waals surface area contributed by atoms with Crippen LogP contribution in [0.25, 0.3) is 0 Å². The van der Waals surface area contributed by atoms with Crippen molar-refractivity contribution in [3.05, 3.63) is 62.5 Å². The second-order valence-corrected chi connectivity index (χ2v) is 5.71. The molecule has 4 heteroatoms. The maximum absolute atomic E-state index is 6.14. The fraction of sp³-hybridized carbons (Fsp3) is 0.143. The summed E-state index contributed by atoms with van der Waals surface area (Å²) in [5.74, 6) is 0. The summed E-state index contributed by atoms with van der Waals surface area (Å²) < 4.78 is 1.08. The Morgan fingerprint density at radius 3 is 2.50 bits per heavy atom. The minimum atomic E-state index is 0.152. The molecule has 1 unspecified atom stereocenters. The zero-order valence-corrected chi connectivity index (χ0v) is 12.9. The zero-order valence-electron chi connectivity index (χ0n) is 9.75. The Morgan fingerprint density at radius 1 is 1.11 bits per heavy atom. The molecule has 2 aromatic rings. The fourth-order valence-electron chi connectivity index (χ4n) is 1.74. The van der Waals surface area contributed by atoms with Crippen LogP contribution in [-0.2, 0) is 0 Å². The molecule has 0 radical (unpaired) electrons. The van der Waals surface area contributed by atoms with Gasteiger partial charge in [-0.2, -0.15) is 0 Å². The van der Waals surface area contributed by atoms with E-state index in [1.54, 1.807) is 6.07 Å². The Morgan fingerprint density at radius 2 is 1.83 bits per heavy atom. The molecule has 0 saturated carbocycles. The zero-order chi connectivity index (χ0) is 13.1. The van der Waals surface area contributed by atoms with Crippen LogP contribution in [0.3, 0.4) is 0 Å². The van der Waals surface area contributed by atoms with Gasteiger partial charge in [0.25, 0.3) is 0 Å². The van der Waals surface area contributed by atoms with Crippen LogP contribution in [0.15, 0.2) is 46.9 Å². The summed E-state index contributed by atoms with van der Waals surface area (Å²) in [6.07, 6.45) is 0. The van der Waals surface area contributed by atoms with Crippen molar-refractivity contribution in [3.8, 4) is 0 Å². The maximum Gasteiger partial charge on any atom is 0.0652 e. The lowest BCUT2D eigenvalue weighted by Gasteiger charge is -2.18. The summed E-state index contributed by atoms with van der Waals surface area (Å²) >= 11 is 15.6. The molecule has 0 heterocycles. The van der Waals surface area contributed by atoms with E-state index in [0.717, 1.165) is 10.2 Å². The van der Waals surface area contributed by atoms with Gasteiger partial charge in [0.05, 0.1) is 10.7 Å². The Bertz CT molecular complexity index is 557. The summed E-state index contributed by atoms with van der Waals surface area (Å²) in [7, 11) is 0. The van der Waals surface area contributed by atoms with E-state index in [2.05, 4.69) is 34.2 Å². The van der Waals surface area contributed by atoms with Crippen LogP contribution in [0, 0.1) is 0 Å². The van der Waals surface area contributed by atoms with E-state index in [4.69, 9.17) is 23.2 Å². The highest BCUT2D eigenvalue weighted by Gasteiger charge is 2.10. The standard InChI is InChI=1S/C14H12BrCl2N/c1-9(11-4-2-3-5-12(11)15)18-14-7-6-10(16)8-13(14)17/h2-9,18H,1H3. The molecule has 2 aromatic carbocycles. The quantitative estimate of drug-likeness (QED) is 0.727. The van der Waals surface area contributed by atoms with Crippen molar-refractivity contribution in [2.24, 2.45) is 0 Å². The van der Waals surface area contributed by atoms with Gasteiger partial charge in [0.15, 0.2) is 0 Å². The summed E-state index contributed by atoms with van der Waals surface area (Å²) in [6.45, 7) is 2.09. The van der Waals surface area contributed by atoms with Gasteiger partial charge in [0, 0.05) is 15.5 Å². The van der Waals surface area contributed by atoms with Crippen LogP contribution in [0.5, 0.6) is 0 Å². The summed E-state index contributed by atoms with van der Waals surface area (Å²) in [5, 5.41) is 4.64. The molecule has 0 aromatic heterocycles. The number of nitrogens with one attached hydrogen (secondary N) is 1. The fourth-order valence-corrected chi connectivity index (χ4v) is 2.84. The summed E-state index contributed by atoms with van der Waals surface area (Å²) in [5.41, 5.74) is 2.06. The average Bonchev–Trinajstić information content (AvgIpc) is 2.33. The monoisotopic (exact) mass is 343 g/mol. The number of benzene rings is 2. The van der Waals surface area contributed by atoms with E-state index < -0.39 is 0 Å². The summed E-state index contributed by atoms with van der Waals surface area (Å²) in [4.78, 5) is 0. The van der Waals surface area contributed by atoms with E-state index in [1.165, 1.54) is 5.56 Å².